The molecule has 1 aliphatic rings. The monoisotopic (exact) mass is 327 g/mol. The van der Waals surface area contributed by atoms with Crippen LogP contribution >= 0.6 is 0 Å². The van der Waals surface area contributed by atoms with E-state index >= 15 is 0 Å². The molecule has 1 fully saturated rings. The minimum absolute atomic E-state index is 0.0491. The van der Waals surface area contributed by atoms with Crippen LogP contribution in [-0.2, 0) is 9.84 Å². The van der Waals surface area contributed by atoms with Crippen molar-refractivity contribution in [2.45, 2.75) is 30.3 Å². The number of hydrogen-bond acceptors (Lipinski definition) is 5. The second kappa shape index (κ2) is 6.66. The first kappa shape index (κ1) is 16.8. The number of carbonyl (C=O) groups is 1. The summed E-state index contributed by atoms with van der Waals surface area (Å²) in [6, 6.07) is 4.19. The number of sulfone groups is 1. The first-order chi connectivity index (χ1) is 10.3. The highest BCUT2D eigenvalue weighted by Crippen LogP contribution is 2.26. The lowest BCUT2D eigenvalue weighted by atomic mass is 10.1. The number of aliphatic hydroxyl groups is 1. The van der Waals surface area contributed by atoms with E-state index in [4.69, 9.17) is 4.74 Å². The summed E-state index contributed by atoms with van der Waals surface area (Å²) in [7, 11) is -1.98. The molecule has 1 amide bonds. The van der Waals surface area contributed by atoms with E-state index in [1.807, 2.05) is 0 Å². The molecule has 2 rings (SSSR count). The van der Waals surface area contributed by atoms with E-state index in [9.17, 15) is 18.3 Å². The molecule has 1 aromatic carbocycles. The van der Waals surface area contributed by atoms with Gasteiger partial charge in [-0.1, -0.05) is 6.42 Å². The van der Waals surface area contributed by atoms with Crippen molar-refractivity contribution in [1.82, 2.24) is 5.32 Å². The molecule has 1 saturated carbocycles. The Balaban J connectivity index is 2.16. The Bertz CT molecular complexity index is 656. The van der Waals surface area contributed by atoms with Gasteiger partial charge in [-0.3, -0.25) is 4.79 Å². The van der Waals surface area contributed by atoms with E-state index in [0.717, 1.165) is 25.5 Å². The normalized spacial score (nSPS) is 21.6. The number of ether oxygens (including phenoxy) is 1. The van der Waals surface area contributed by atoms with Gasteiger partial charge >= 0.3 is 0 Å². The summed E-state index contributed by atoms with van der Waals surface area (Å²) in [5, 5.41) is 12.5. The van der Waals surface area contributed by atoms with Crippen molar-refractivity contribution in [2.75, 3.05) is 19.9 Å². The van der Waals surface area contributed by atoms with Crippen molar-refractivity contribution in [2.24, 2.45) is 5.92 Å². The molecule has 22 heavy (non-hydrogen) atoms. The molecule has 0 unspecified atom stereocenters. The van der Waals surface area contributed by atoms with Crippen LogP contribution in [0.3, 0.4) is 0 Å². The fourth-order valence-corrected chi connectivity index (χ4v) is 3.32. The molecule has 0 spiro atoms. The van der Waals surface area contributed by atoms with Crippen LogP contribution in [0.15, 0.2) is 23.1 Å². The van der Waals surface area contributed by atoms with E-state index in [-0.39, 0.29) is 22.5 Å². The van der Waals surface area contributed by atoms with Crippen molar-refractivity contribution in [3.05, 3.63) is 23.8 Å². The van der Waals surface area contributed by atoms with Gasteiger partial charge in [0.1, 0.15) is 5.75 Å². The lowest BCUT2D eigenvalue weighted by molar-refractivity contribution is 0.0913. The first-order valence-electron chi connectivity index (χ1n) is 7.17. The Kier molecular flexibility index (Phi) is 5.08. The summed E-state index contributed by atoms with van der Waals surface area (Å²) in [4.78, 5) is 12.4. The van der Waals surface area contributed by atoms with E-state index in [0.29, 0.717) is 12.3 Å². The zero-order chi connectivity index (χ0) is 16.3. The van der Waals surface area contributed by atoms with Crippen LogP contribution in [0.5, 0.6) is 5.75 Å². The average molecular weight is 327 g/mol. The zero-order valence-electron chi connectivity index (χ0n) is 12.7. The van der Waals surface area contributed by atoms with Crippen molar-refractivity contribution in [1.29, 1.82) is 0 Å². The molecular formula is C15H21NO5S. The van der Waals surface area contributed by atoms with Gasteiger partial charge in [0.05, 0.1) is 23.7 Å². The molecule has 1 aliphatic carbocycles. The van der Waals surface area contributed by atoms with Gasteiger partial charge in [0.25, 0.3) is 5.91 Å². The quantitative estimate of drug-likeness (QED) is 0.841. The topological polar surface area (TPSA) is 92.7 Å². The van der Waals surface area contributed by atoms with Crippen LogP contribution in [0.4, 0.5) is 0 Å². The van der Waals surface area contributed by atoms with Crippen LogP contribution in [0, 0.1) is 5.92 Å². The highest BCUT2D eigenvalue weighted by atomic mass is 32.2. The van der Waals surface area contributed by atoms with E-state index < -0.39 is 15.7 Å². The number of nitrogens with one attached hydrogen (secondary N) is 1. The van der Waals surface area contributed by atoms with Crippen LogP contribution in [0.2, 0.25) is 0 Å². The smallest absolute Gasteiger partial charge is 0.255 e. The van der Waals surface area contributed by atoms with Crippen molar-refractivity contribution >= 4 is 15.7 Å². The number of rotatable bonds is 5. The molecule has 2 N–H and O–H groups in total. The Morgan fingerprint density at radius 2 is 2.14 bits per heavy atom. The molecule has 0 aromatic heterocycles. The van der Waals surface area contributed by atoms with E-state index in [2.05, 4.69) is 5.32 Å². The lowest BCUT2D eigenvalue weighted by Crippen LogP contribution is -2.32. The largest absolute Gasteiger partial charge is 0.496 e. The Morgan fingerprint density at radius 3 is 2.68 bits per heavy atom. The average Bonchev–Trinajstić information content (AvgIpc) is 2.88. The van der Waals surface area contributed by atoms with E-state index in [1.165, 1.54) is 25.3 Å². The van der Waals surface area contributed by atoms with Gasteiger partial charge in [0.2, 0.25) is 0 Å². The summed E-state index contributed by atoms with van der Waals surface area (Å²) in [5.41, 5.74) is 0.179. The highest BCUT2D eigenvalue weighted by Gasteiger charge is 2.26. The predicted molar refractivity (Wildman–Crippen MR) is 81.8 cm³/mol. The Hall–Kier alpha value is -1.60. The minimum atomic E-state index is -3.40. The fourth-order valence-electron chi connectivity index (χ4n) is 2.67. The number of benzene rings is 1. The molecule has 0 bridgehead atoms. The summed E-state index contributed by atoms with van der Waals surface area (Å²) in [5.74, 6) is -0.0358. The van der Waals surface area contributed by atoms with Gasteiger partial charge < -0.3 is 15.2 Å². The number of carbonyl (C=O) groups excluding carboxylic acids is 1. The maximum absolute atomic E-state index is 12.3. The molecule has 0 saturated heterocycles. The maximum Gasteiger partial charge on any atom is 0.255 e. The second-order valence-corrected chi connectivity index (χ2v) is 7.62. The van der Waals surface area contributed by atoms with Crippen LogP contribution in [0.1, 0.15) is 29.6 Å². The molecule has 0 radical (unpaired) electrons. The van der Waals surface area contributed by atoms with Crippen molar-refractivity contribution in [3.8, 4) is 5.75 Å². The maximum atomic E-state index is 12.3. The van der Waals surface area contributed by atoms with Gasteiger partial charge in [-0.15, -0.1) is 0 Å². The van der Waals surface area contributed by atoms with Gasteiger partial charge in [-0.25, -0.2) is 8.42 Å². The van der Waals surface area contributed by atoms with Crippen molar-refractivity contribution in [3.63, 3.8) is 0 Å². The fraction of sp³-hybridized carbons (Fsp3) is 0.533. The predicted octanol–water partition coefficient (Wildman–Crippen LogP) is 0.989. The van der Waals surface area contributed by atoms with Gasteiger partial charge in [-0.05, 0) is 31.0 Å². The summed E-state index contributed by atoms with van der Waals surface area (Å²) < 4.78 is 28.3. The SMILES string of the molecule is COc1ccc(S(C)(=O)=O)cc1C(=O)NC[C@@H]1CCC[C@H]1O. The third-order valence-corrected chi connectivity index (χ3v) is 5.10. The van der Waals surface area contributed by atoms with Gasteiger partial charge in [0.15, 0.2) is 9.84 Å². The third-order valence-electron chi connectivity index (χ3n) is 3.99. The number of hydrogen-bond donors (Lipinski definition) is 2. The lowest BCUT2D eigenvalue weighted by Gasteiger charge is -2.16. The summed E-state index contributed by atoms with van der Waals surface area (Å²) in [6.07, 6.45) is 3.29. The van der Waals surface area contributed by atoms with Crippen LogP contribution in [0.25, 0.3) is 0 Å². The molecule has 1 aromatic rings. The molecule has 7 heteroatoms. The highest BCUT2D eigenvalue weighted by molar-refractivity contribution is 7.90. The minimum Gasteiger partial charge on any atom is -0.496 e. The van der Waals surface area contributed by atoms with Gasteiger partial charge in [-0.2, -0.15) is 0 Å². The molecular weight excluding hydrogens is 306 g/mol. The van der Waals surface area contributed by atoms with Crippen molar-refractivity contribution < 1.29 is 23.1 Å². The van der Waals surface area contributed by atoms with E-state index in [1.54, 1.807) is 0 Å². The zero-order valence-corrected chi connectivity index (χ0v) is 13.5. The van der Waals surface area contributed by atoms with Crippen LogP contribution in [-0.4, -0.2) is 45.4 Å². The Labute approximate surface area is 130 Å². The summed E-state index contributed by atoms with van der Waals surface area (Å²) in [6.45, 7) is 0.367. The molecule has 122 valence electrons. The molecule has 0 heterocycles. The molecule has 2 atom stereocenters. The molecule has 0 aliphatic heterocycles. The Morgan fingerprint density at radius 1 is 1.41 bits per heavy atom. The standard InChI is InChI=1S/C15H21NO5S/c1-21-14-7-6-11(22(2,19)20)8-12(14)15(18)16-9-10-4-3-5-13(10)17/h6-8,10,13,17H,3-5,9H2,1-2H3,(H,16,18)/t10-,13+/m0/s1. The second-order valence-electron chi connectivity index (χ2n) is 5.60. The number of methoxy groups -OCH3 is 1. The summed E-state index contributed by atoms with van der Waals surface area (Å²) >= 11 is 0. The number of aliphatic hydroxyl groups excluding tert-OH is 1. The first-order valence-corrected chi connectivity index (χ1v) is 9.06. The van der Waals surface area contributed by atoms with Gasteiger partial charge in [0, 0.05) is 18.7 Å². The number of amides is 1. The third kappa shape index (κ3) is 3.78. The molecule has 6 nitrogen and oxygen atoms in total. The van der Waals surface area contributed by atoms with Crippen LogP contribution < -0.4 is 10.1 Å².